The molecule has 1 aromatic heterocycles. The number of hydrogen-bond acceptors (Lipinski definition) is 3. The number of amides is 1. The Bertz CT molecular complexity index is 1040. The summed E-state index contributed by atoms with van der Waals surface area (Å²) in [6.45, 7) is 2.43. The number of rotatable bonds is 6. The van der Waals surface area contributed by atoms with E-state index in [1.54, 1.807) is 17.4 Å². The molecule has 1 amide bonds. The highest BCUT2D eigenvalue weighted by molar-refractivity contribution is 7.09. The molecule has 1 N–H and O–H groups in total. The molecular formula is C23H21F3N2OS. The SMILES string of the molecule is Cc1nc(-c2ccc(CCNC(=O)C3CC3c3ccccc3C(F)(F)F)cc2)cs1. The van der Waals surface area contributed by atoms with Crippen LogP contribution in [0.1, 0.15) is 34.0 Å². The molecule has 0 spiro atoms. The third-order valence-corrected chi connectivity index (χ3v) is 6.15. The highest BCUT2D eigenvalue weighted by atomic mass is 32.1. The van der Waals surface area contributed by atoms with Crippen LogP contribution >= 0.6 is 11.3 Å². The second-order valence-corrected chi connectivity index (χ2v) is 8.59. The molecule has 7 heteroatoms. The van der Waals surface area contributed by atoms with Crippen molar-refractivity contribution >= 4 is 17.2 Å². The van der Waals surface area contributed by atoms with E-state index in [-0.39, 0.29) is 23.3 Å². The maximum Gasteiger partial charge on any atom is 0.416 e. The van der Waals surface area contributed by atoms with Crippen LogP contribution in [0, 0.1) is 12.8 Å². The van der Waals surface area contributed by atoms with E-state index in [2.05, 4.69) is 10.3 Å². The summed E-state index contributed by atoms with van der Waals surface area (Å²) >= 11 is 1.61. The average molecular weight is 430 g/mol. The van der Waals surface area contributed by atoms with Crippen LogP contribution < -0.4 is 5.32 Å². The van der Waals surface area contributed by atoms with Crippen LogP contribution in [0.25, 0.3) is 11.3 Å². The van der Waals surface area contributed by atoms with E-state index in [4.69, 9.17) is 0 Å². The smallest absolute Gasteiger partial charge is 0.356 e. The number of carbonyl (C=O) groups is 1. The van der Waals surface area contributed by atoms with Crippen molar-refractivity contribution in [2.24, 2.45) is 5.92 Å². The van der Waals surface area contributed by atoms with Gasteiger partial charge < -0.3 is 5.32 Å². The quantitative estimate of drug-likeness (QED) is 0.553. The molecule has 156 valence electrons. The summed E-state index contributed by atoms with van der Waals surface area (Å²) in [7, 11) is 0. The summed E-state index contributed by atoms with van der Waals surface area (Å²) < 4.78 is 39.6. The van der Waals surface area contributed by atoms with Gasteiger partial charge in [-0.3, -0.25) is 4.79 Å². The summed E-state index contributed by atoms with van der Waals surface area (Å²) in [5, 5.41) is 5.91. The highest BCUT2D eigenvalue weighted by Gasteiger charge is 2.47. The summed E-state index contributed by atoms with van der Waals surface area (Å²) in [6.07, 6.45) is -3.27. The third kappa shape index (κ3) is 4.56. The van der Waals surface area contributed by atoms with Gasteiger partial charge in [-0.1, -0.05) is 42.5 Å². The number of benzene rings is 2. The Hall–Kier alpha value is -2.67. The summed E-state index contributed by atoms with van der Waals surface area (Å²) in [6, 6.07) is 13.6. The van der Waals surface area contributed by atoms with Gasteiger partial charge in [0.1, 0.15) is 0 Å². The number of alkyl halides is 3. The van der Waals surface area contributed by atoms with Gasteiger partial charge in [0.05, 0.1) is 16.3 Å². The Kier molecular flexibility index (Phi) is 5.64. The summed E-state index contributed by atoms with van der Waals surface area (Å²) in [5.74, 6) is -0.918. The number of nitrogens with zero attached hydrogens (tertiary/aromatic N) is 1. The molecule has 4 rings (SSSR count). The Balaban J connectivity index is 1.29. The van der Waals surface area contributed by atoms with Gasteiger partial charge in [0, 0.05) is 23.4 Å². The lowest BCUT2D eigenvalue weighted by atomic mass is 10.0. The lowest BCUT2D eigenvalue weighted by Crippen LogP contribution is -2.27. The fourth-order valence-electron chi connectivity index (χ4n) is 3.71. The maximum atomic E-state index is 13.2. The molecule has 1 saturated carbocycles. The van der Waals surface area contributed by atoms with Gasteiger partial charge >= 0.3 is 6.18 Å². The first kappa shape index (κ1) is 20.6. The molecule has 3 aromatic rings. The van der Waals surface area contributed by atoms with Gasteiger partial charge in [-0.05, 0) is 42.9 Å². The van der Waals surface area contributed by atoms with Crippen LogP contribution in [0.5, 0.6) is 0 Å². The third-order valence-electron chi connectivity index (χ3n) is 5.37. The molecule has 0 aliphatic heterocycles. The molecular weight excluding hydrogens is 409 g/mol. The van der Waals surface area contributed by atoms with E-state index < -0.39 is 11.7 Å². The van der Waals surface area contributed by atoms with Crippen LogP contribution in [-0.2, 0) is 17.4 Å². The predicted molar refractivity (Wildman–Crippen MR) is 111 cm³/mol. The van der Waals surface area contributed by atoms with Crippen LogP contribution in [-0.4, -0.2) is 17.4 Å². The standard InChI is InChI=1S/C23H21F3N2OS/c1-14-28-21(13-30-14)16-8-6-15(7-9-16)10-11-27-22(29)19-12-18(19)17-4-2-3-5-20(17)23(24,25)26/h2-9,13,18-19H,10-12H2,1H3,(H,27,29). The second-order valence-electron chi connectivity index (χ2n) is 7.52. The lowest BCUT2D eigenvalue weighted by Gasteiger charge is -2.12. The molecule has 0 radical (unpaired) electrons. The Morgan fingerprint density at radius 2 is 1.90 bits per heavy atom. The molecule has 2 atom stereocenters. The van der Waals surface area contributed by atoms with Gasteiger partial charge in [-0.15, -0.1) is 11.3 Å². The van der Waals surface area contributed by atoms with Crippen molar-refractivity contribution in [2.75, 3.05) is 6.54 Å². The fraction of sp³-hybridized carbons (Fsp3) is 0.304. The first-order chi connectivity index (χ1) is 14.3. The molecule has 3 nitrogen and oxygen atoms in total. The van der Waals surface area contributed by atoms with E-state index in [1.807, 2.05) is 36.6 Å². The predicted octanol–water partition coefficient (Wildman–Crippen LogP) is 5.60. The largest absolute Gasteiger partial charge is 0.416 e. The minimum Gasteiger partial charge on any atom is -0.356 e. The molecule has 1 aliphatic rings. The fourth-order valence-corrected chi connectivity index (χ4v) is 4.33. The van der Waals surface area contributed by atoms with Crippen molar-refractivity contribution in [3.8, 4) is 11.3 Å². The molecule has 1 aliphatic carbocycles. The first-order valence-electron chi connectivity index (χ1n) is 9.78. The zero-order valence-electron chi connectivity index (χ0n) is 16.4. The number of aromatic nitrogens is 1. The number of halogens is 3. The zero-order chi connectivity index (χ0) is 21.3. The maximum absolute atomic E-state index is 13.2. The molecule has 1 fully saturated rings. The topological polar surface area (TPSA) is 42.0 Å². The number of carbonyl (C=O) groups excluding carboxylic acids is 1. The van der Waals surface area contributed by atoms with Crippen molar-refractivity contribution in [2.45, 2.75) is 31.9 Å². The molecule has 2 aromatic carbocycles. The van der Waals surface area contributed by atoms with E-state index in [9.17, 15) is 18.0 Å². The lowest BCUT2D eigenvalue weighted by molar-refractivity contribution is -0.138. The van der Waals surface area contributed by atoms with Crippen LogP contribution in [0.3, 0.4) is 0 Å². The van der Waals surface area contributed by atoms with Crippen LogP contribution in [0.2, 0.25) is 0 Å². The van der Waals surface area contributed by atoms with E-state index >= 15 is 0 Å². The van der Waals surface area contributed by atoms with Gasteiger partial charge in [0.25, 0.3) is 0 Å². The van der Waals surface area contributed by atoms with Gasteiger partial charge in [-0.25, -0.2) is 4.98 Å². The Labute approximate surface area is 177 Å². The van der Waals surface area contributed by atoms with Gasteiger partial charge in [0.2, 0.25) is 5.91 Å². The number of hydrogen-bond donors (Lipinski definition) is 1. The van der Waals surface area contributed by atoms with Crippen LogP contribution in [0.4, 0.5) is 13.2 Å². The van der Waals surface area contributed by atoms with Gasteiger partial charge in [-0.2, -0.15) is 13.2 Å². The monoisotopic (exact) mass is 430 g/mol. The number of aryl methyl sites for hydroxylation is 1. The van der Waals surface area contributed by atoms with Crippen molar-refractivity contribution in [3.05, 3.63) is 75.6 Å². The molecule has 1 heterocycles. The summed E-state index contributed by atoms with van der Waals surface area (Å²) in [4.78, 5) is 16.8. The Morgan fingerprint density at radius 3 is 2.57 bits per heavy atom. The minimum atomic E-state index is -4.40. The van der Waals surface area contributed by atoms with Gasteiger partial charge in [0.15, 0.2) is 0 Å². The average Bonchev–Trinajstić information content (AvgIpc) is 3.41. The number of nitrogens with one attached hydrogen (secondary N) is 1. The molecule has 0 saturated heterocycles. The number of thiazole rings is 1. The Morgan fingerprint density at radius 1 is 1.17 bits per heavy atom. The zero-order valence-corrected chi connectivity index (χ0v) is 17.2. The normalized spacial score (nSPS) is 18.3. The summed E-state index contributed by atoms with van der Waals surface area (Å²) in [5.41, 5.74) is 2.67. The van der Waals surface area contributed by atoms with Crippen molar-refractivity contribution in [1.29, 1.82) is 0 Å². The van der Waals surface area contributed by atoms with Crippen molar-refractivity contribution in [3.63, 3.8) is 0 Å². The van der Waals surface area contributed by atoms with Crippen LogP contribution in [0.15, 0.2) is 53.9 Å². The van der Waals surface area contributed by atoms with Crippen molar-refractivity contribution < 1.29 is 18.0 Å². The molecule has 30 heavy (non-hydrogen) atoms. The van der Waals surface area contributed by atoms with Crippen molar-refractivity contribution in [1.82, 2.24) is 10.3 Å². The second kappa shape index (κ2) is 8.22. The van der Waals surface area contributed by atoms with E-state index in [1.165, 1.54) is 12.1 Å². The highest BCUT2D eigenvalue weighted by Crippen LogP contribution is 2.51. The molecule has 2 unspecified atom stereocenters. The first-order valence-corrected chi connectivity index (χ1v) is 10.7. The van der Waals surface area contributed by atoms with E-state index in [0.717, 1.165) is 27.9 Å². The molecule has 0 bridgehead atoms. The van der Waals surface area contributed by atoms with E-state index in [0.29, 0.717) is 19.4 Å². The minimum absolute atomic E-state index is 0.174.